The fourth-order valence-corrected chi connectivity index (χ4v) is 1.37. The van der Waals surface area contributed by atoms with E-state index in [-0.39, 0.29) is 23.7 Å². The molecule has 6 nitrogen and oxygen atoms in total. The molecule has 0 unspecified atom stereocenters. The van der Waals surface area contributed by atoms with Crippen LogP contribution in [0.2, 0.25) is 0 Å². The summed E-state index contributed by atoms with van der Waals surface area (Å²) in [7, 11) is 0. The van der Waals surface area contributed by atoms with Gasteiger partial charge in [-0.05, 0) is 18.9 Å². The van der Waals surface area contributed by atoms with Gasteiger partial charge in [-0.25, -0.2) is 0 Å². The third kappa shape index (κ3) is 3.66. The van der Waals surface area contributed by atoms with Crippen LogP contribution >= 0.6 is 0 Å². The summed E-state index contributed by atoms with van der Waals surface area (Å²) in [5, 5.41) is 32.7. The van der Waals surface area contributed by atoms with E-state index in [0.29, 0.717) is 5.69 Å². The first-order chi connectivity index (χ1) is 8.77. The highest BCUT2D eigenvalue weighted by Gasteiger charge is 2.25. The quantitative estimate of drug-likeness (QED) is 0.627. The summed E-state index contributed by atoms with van der Waals surface area (Å²) in [5.74, 6) is 0.0450. The number of nitrogens with zero attached hydrogens (tertiary/aromatic N) is 2. The van der Waals surface area contributed by atoms with E-state index in [2.05, 4.69) is 5.32 Å². The van der Waals surface area contributed by atoms with Gasteiger partial charge in [0.25, 0.3) is 5.69 Å². The Labute approximate surface area is 111 Å². The van der Waals surface area contributed by atoms with Crippen LogP contribution in [0, 0.1) is 27.4 Å². The molecule has 0 saturated carbocycles. The zero-order valence-corrected chi connectivity index (χ0v) is 11.2. The standard InChI is InChI=1S/C13H17N3O3/c1-9(2)13(3,17)8-15-12-5-4-11(16(18)19)6-10(12)7-14/h4-6,9,15,17H,8H2,1-3H3/t13-/m0/s1. The van der Waals surface area contributed by atoms with Gasteiger partial charge < -0.3 is 10.4 Å². The monoisotopic (exact) mass is 263 g/mol. The molecule has 2 N–H and O–H groups in total. The highest BCUT2D eigenvalue weighted by Crippen LogP contribution is 2.23. The molecular formula is C13H17N3O3. The average Bonchev–Trinajstić information content (AvgIpc) is 2.35. The fraction of sp³-hybridized carbons (Fsp3) is 0.462. The molecule has 1 aromatic carbocycles. The molecule has 0 aliphatic carbocycles. The van der Waals surface area contributed by atoms with Gasteiger partial charge in [0.15, 0.2) is 0 Å². The van der Waals surface area contributed by atoms with E-state index in [0.717, 1.165) is 0 Å². The lowest BCUT2D eigenvalue weighted by Crippen LogP contribution is -2.38. The van der Waals surface area contributed by atoms with Gasteiger partial charge >= 0.3 is 0 Å². The van der Waals surface area contributed by atoms with E-state index >= 15 is 0 Å². The maximum absolute atomic E-state index is 10.6. The summed E-state index contributed by atoms with van der Waals surface area (Å²) in [5.41, 5.74) is -0.380. The average molecular weight is 263 g/mol. The molecule has 1 rings (SSSR count). The maximum Gasteiger partial charge on any atom is 0.270 e. The molecule has 0 amide bonds. The number of rotatable bonds is 5. The molecule has 0 saturated heterocycles. The number of aliphatic hydroxyl groups is 1. The summed E-state index contributed by atoms with van der Waals surface area (Å²) in [6.07, 6.45) is 0. The normalized spacial score (nSPS) is 13.7. The molecule has 0 heterocycles. The van der Waals surface area contributed by atoms with Crippen molar-refractivity contribution in [2.45, 2.75) is 26.4 Å². The molecule has 19 heavy (non-hydrogen) atoms. The van der Waals surface area contributed by atoms with Gasteiger partial charge in [-0.15, -0.1) is 0 Å². The van der Waals surface area contributed by atoms with Crippen LogP contribution in [0.1, 0.15) is 26.3 Å². The number of nitriles is 1. The Morgan fingerprint density at radius 2 is 2.21 bits per heavy atom. The van der Waals surface area contributed by atoms with E-state index < -0.39 is 10.5 Å². The van der Waals surface area contributed by atoms with Crippen LogP contribution in [0.25, 0.3) is 0 Å². The number of anilines is 1. The first-order valence-electron chi connectivity index (χ1n) is 5.92. The van der Waals surface area contributed by atoms with E-state index in [1.54, 1.807) is 6.92 Å². The van der Waals surface area contributed by atoms with Crippen molar-refractivity contribution in [2.75, 3.05) is 11.9 Å². The molecule has 0 bridgehead atoms. The van der Waals surface area contributed by atoms with Gasteiger partial charge in [0.05, 0.1) is 21.8 Å². The van der Waals surface area contributed by atoms with Gasteiger partial charge in [-0.2, -0.15) is 5.26 Å². The van der Waals surface area contributed by atoms with Crippen molar-refractivity contribution in [3.63, 3.8) is 0 Å². The lowest BCUT2D eigenvalue weighted by molar-refractivity contribution is -0.384. The number of nitro benzene ring substituents is 1. The molecule has 0 aliphatic heterocycles. The summed E-state index contributed by atoms with van der Waals surface area (Å²) in [6.45, 7) is 5.74. The summed E-state index contributed by atoms with van der Waals surface area (Å²) in [6, 6.07) is 5.93. The second-order valence-electron chi connectivity index (χ2n) is 4.96. The SMILES string of the molecule is CC(C)[C@@](C)(O)CNc1ccc([N+](=O)[O-])cc1C#N. The van der Waals surface area contributed by atoms with Crippen LogP contribution in [0.15, 0.2) is 18.2 Å². The predicted octanol–water partition coefficient (Wildman–Crippen LogP) is 2.29. The largest absolute Gasteiger partial charge is 0.388 e. The highest BCUT2D eigenvalue weighted by molar-refractivity contribution is 5.61. The van der Waals surface area contributed by atoms with Crippen LogP contribution in [0.3, 0.4) is 0 Å². The van der Waals surface area contributed by atoms with Crippen molar-refractivity contribution in [3.05, 3.63) is 33.9 Å². The van der Waals surface area contributed by atoms with Crippen LogP contribution in [0.5, 0.6) is 0 Å². The summed E-state index contributed by atoms with van der Waals surface area (Å²) < 4.78 is 0. The molecule has 0 spiro atoms. The minimum absolute atomic E-state index is 0.0450. The van der Waals surface area contributed by atoms with Crippen molar-refractivity contribution in [1.29, 1.82) is 5.26 Å². The van der Waals surface area contributed by atoms with E-state index in [1.807, 2.05) is 19.9 Å². The third-order valence-corrected chi connectivity index (χ3v) is 3.21. The third-order valence-electron chi connectivity index (χ3n) is 3.21. The zero-order valence-electron chi connectivity index (χ0n) is 11.2. The molecule has 6 heteroatoms. The van der Waals surface area contributed by atoms with Crippen LogP contribution < -0.4 is 5.32 Å². The van der Waals surface area contributed by atoms with Crippen molar-refractivity contribution >= 4 is 11.4 Å². The summed E-state index contributed by atoms with van der Waals surface area (Å²) >= 11 is 0. The molecule has 0 aliphatic rings. The molecule has 0 fully saturated rings. The Morgan fingerprint density at radius 3 is 2.68 bits per heavy atom. The van der Waals surface area contributed by atoms with Gasteiger partial charge in [-0.3, -0.25) is 10.1 Å². The molecule has 1 aromatic rings. The lowest BCUT2D eigenvalue weighted by Gasteiger charge is -2.28. The Balaban J connectivity index is 2.91. The molecule has 102 valence electrons. The maximum atomic E-state index is 10.6. The topological polar surface area (TPSA) is 99.2 Å². The number of non-ortho nitro benzene ring substituents is 1. The second kappa shape index (κ2) is 5.67. The minimum atomic E-state index is -0.922. The zero-order chi connectivity index (χ0) is 14.6. The van der Waals surface area contributed by atoms with E-state index in [4.69, 9.17) is 5.26 Å². The number of nitrogens with one attached hydrogen (secondary N) is 1. The predicted molar refractivity (Wildman–Crippen MR) is 71.8 cm³/mol. The molecule has 0 radical (unpaired) electrons. The van der Waals surface area contributed by atoms with Crippen molar-refractivity contribution in [1.82, 2.24) is 0 Å². The van der Waals surface area contributed by atoms with Crippen molar-refractivity contribution in [3.8, 4) is 6.07 Å². The van der Waals surface area contributed by atoms with E-state index in [9.17, 15) is 15.2 Å². The lowest BCUT2D eigenvalue weighted by atomic mass is 9.92. The van der Waals surface area contributed by atoms with Crippen LogP contribution in [-0.2, 0) is 0 Å². The van der Waals surface area contributed by atoms with Gasteiger partial charge in [0, 0.05) is 18.7 Å². The molecule has 1 atom stereocenters. The molecule has 0 aromatic heterocycles. The number of hydrogen-bond donors (Lipinski definition) is 2. The Kier molecular flexibility index (Phi) is 4.46. The number of benzene rings is 1. The number of hydrogen-bond acceptors (Lipinski definition) is 5. The molecular weight excluding hydrogens is 246 g/mol. The van der Waals surface area contributed by atoms with E-state index in [1.165, 1.54) is 18.2 Å². The van der Waals surface area contributed by atoms with Gasteiger partial charge in [0.2, 0.25) is 0 Å². The Bertz CT molecular complexity index is 518. The fourth-order valence-electron chi connectivity index (χ4n) is 1.37. The first kappa shape index (κ1) is 14.9. The van der Waals surface area contributed by atoms with Crippen molar-refractivity contribution < 1.29 is 10.0 Å². The Morgan fingerprint density at radius 1 is 1.58 bits per heavy atom. The summed E-state index contributed by atoms with van der Waals surface area (Å²) in [4.78, 5) is 10.1. The minimum Gasteiger partial charge on any atom is -0.388 e. The van der Waals surface area contributed by atoms with Gasteiger partial charge in [-0.1, -0.05) is 13.8 Å². The first-order valence-corrected chi connectivity index (χ1v) is 5.92. The Hall–Kier alpha value is -2.13. The van der Waals surface area contributed by atoms with Crippen LogP contribution in [-0.4, -0.2) is 22.2 Å². The van der Waals surface area contributed by atoms with Gasteiger partial charge in [0.1, 0.15) is 6.07 Å². The smallest absolute Gasteiger partial charge is 0.270 e. The second-order valence-corrected chi connectivity index (χ2v) is 4.96. The van der Waals surface area contributed by atoms with Crippen molar-refractivity contribution in [2.24, 2.45) is 5.92 Å². The highest BCUT2D eigenvalue weighted by atomic mass is 16.6. The van der Waals surface area contributed by atoms with Crippen LogP contribution in [0.4, 0.5) is 11.4 Å². The number of nitro groups is 1.